The summed E-state index contributed by atoms with van der Waals surface area (Å²) in [4.78, 5) is 12.3. The first-order valence-electron chi connectivity index (χ1n) is 8.92. The van der Waals surface area contributed by atoms with Crippen LogP contribution < -0.4 is 10.1 Å². The van der Waals surface area contributed by atoms with Crippen LogP contribution in [0, 0.1) is 0 Å². The van der Waals surface area contributed by atoms with Crippen molar-refractivity contribution in [3.05, 3.63) is 71.9 Å². The number of amides is 1. The van der Waals surface area contributed by atoms with Crippen molar-refractivity contribution >= 4 is 11.7 Å². The summed E-state index contributed by atoms with van der Waals surface area (Å²) in [6.07, 6.45) is 3.25. The maximum absolute atomic E-state index is 12.3. The van der Waals surface area contributed by atoms with Gasteiger partial charge >= 0.3 is 0 Å². The maximum atomic E-state index is 12.3. The molecule has 132 valence electrons. The quantitative estimate of drug-likeness (QED) is 0.755. The van der Waals surface area contributed by atoms with Crippen LogP contribution in [0.1, 0.15) is 36.8 Å². The SMILES string of the molecule is CCCOc1ccc([C@@H]2CC(=O)Nc3c2cnn3-c2ccccc2)cc1. The molecule has 1 aliphatic heterocycles. The number of carbonyl (C=O) groups excluding carboxylic acids is 1. The molecule has 0 radical (unpaired) electrons. The van der Waals surface area contributed by atoms with E-state index in [1.807, 2.05) is 60.8 Å². The van der Waals surface area contributed by atoms with Gasteiger partial charge in [0.2, 0.25) is 5.91 Å². The number of ether oxygens (including phenoxy) is 1. The molecule has 0 saturated carbocycles. The monoisotopic (exact) mass is 347 g/mol. The molecule has 0 saturated heterocycles. The zero-order valence-corrected chi connectivity index (χ0v) is 14.7. The van der Waals surface area contributed by atoms with E-state index < -0.39 is 0 Å². The lowest BCUT2D eigenvalue weighted by Gasteiger charge is -2.24. The Hall–Kier alpha value is -3.08. The predicted molar refractivity (Wildman–Crippen MR) is 101 cm³/mol. The fraction of sp³-hybridized carbons (Fsp3) is 0.238. The molecule has 4 rings (SSSR count). The van der Waals surface area contributed by atoms with Crippen LogP contribution in [0.2, 0.25) is 0 Å². The molecule has 5 heteroatoms. The number of aromatic nitrogens is 2. The second-order valence-corrected chi connectivity index (χ2v) is 6.42. The van der Waals surface area contributed by atoms with Gasteiger partial charge in [0.1, 0.15) is 11.6 Å². The molecule has 2 aromatic carbocycles. The van der Waals surface area contributed by atoms with Crippen LogP contribution in [0.5, 0.6) is 5.75 Å². The Kier molecular flexibility index (Phi) is 4.44. The summed E-state index contributed by atoms with van der Waals surface area (Å²) in [6.45, 7) is 2.79. The van der Waals surface area contributed by atoms with Gasteiger partial charge in [0.25, 0.3) is 0 Å². The van der Waals surface area contributed by atoms with E-state index in [0.29, 0.717) is 13.0 Å². The molecular weight excluding hydrogens is 326 g/mol. The van der Waals surface area contributed by atoms with E-state index in [1.54, 1.807) is 4.68 Å². The third kappa shape index (κ3) is 3.08. The summed E-state index contributed by atoms with van der Waals surface area (Å²) in [6, 6.07) is 17.9. The van der Waals surface area contributed by atoms with Crippen molar-refractivity contribution in [3.8, 4) is 11.4 Å². The van der Waals surface area contributed by atoms with Gasteiger partial charge < -0.3 is 10.1 Å². The highest BCUT2D eigenvalue weighted by Gasteiger charge is 2.30. The Morgan fingerprint density at radius 3 is 2.65 bits per heavy atom. The molecule has 1 amide bonds. The summed E-state index contributed by atoms with van der Waals surface area (Å²) < 4.78 is 7.44. The Bertz CT molecular complexity index is 901. The molecular formula is C21H21N3O2. The zero-order chi connectivity index (χ0) is 17.9. The zero-order valence-electron chi connectivity index (χ0n) is 14.7. The molecule has 0 fully saturated rings. The molecule has 26 heavy (non-hydrogen) atoms. The first-order chi connectivity index (χ1) is 12.8. The van der Waals surface area contributed by atoms with Crippen LogP contribution >= 0.6 is 0 Å². The molecule has 1 aliphatic rings. The average Bonchev–Trinajstić information content (AvgIpc) is 3.10. The number of fused-ring (bicyclic) bond motifs is 1. The number of carbonyl (C=O) groups is 1. The van der Waals surface area contributed by atoms with Crippen LogP contribution in [0.4, 0.5) is 5.82 Å². The van der Waals surface area contributed by atoms with Crippen LogP contribution in [-0.2, 0) is 4.79 Å². The minimum Gasteiger partial charge on any atom is -0.494 e. The van der Waals surface area contributed by atoms with Gasteiger partial charge in [-0.25, -0.2) is 4.68 Å². The highest BCUT2D eigenvalue weighted by molar-refractivity contribution is 5.94. The highest BCUT2D eigenvalue weighted by atomic mass is 16.5. The molecule has 0 unspecified atom stereocenters. The predicted octanol–water partition coefficient (Wildman–Crippen LogP) is 4.14. The van der Waals surface area contributed by atoms with Gasteiger partial charge in [0.05, 0.1) is 18.5 Å². The molecule has 0 spiro atoms. The van der Waals surface area contributed by atoms with Gasteiger partial charge in [-0.2, -0.15) is 5.10 Å². The number of nitrogens with zero attached hydrogens (tertiary/aromatic N) is 2. The number of benzene rings is 2. The Morgan fingerprint density at radius 2 is 1.92 bits per heavy atom. The molecule has 1 N–H and O–H groups in total. The minimum atomic E-state index is -0.00330. The molecule has 0 aliphatic carbocycles. The van der Waals surface area contributed by atoms with Crippen LogP contribution in [0.3, 0.4) is 0 Å². The number of para-hydroxylation sites is 1. The Balaban J connectivity index is 1.68. The number of hydrogen-bond donors (Lipinski definition) is 1. The summed E-state index contributed by atoms with van der Waals surface area (Å²) in [7, 11) is 0. The normalized spacial score (nSPS) is 16.0. The lowest BCUT2D eigenvalue weighted by Crippen LogP contribution is -2.24. The minimum absolute atomic E-state index is 0.00330. The number of rotatable bonds is 5. The highest BCUT2D eigenvalue weighted by Crippen LogP contribution is 2.38. The second-order valence-electron chi connectivity index (χ2n) is 6.42. The van der Waals surface area contributed by atoms with Crippen LogP contribution in [0.15, 0.2) is 60.8 Å². The lowest BCUT2D eigenvalue weighted by molar-refractivity contribution is -0.116. The molecule has 0 bridgehead atoms. The van der Waals surface area contributed by atoms with Crippen molar-refractivity contribution in [3.63, 3.8) is 0 Å². The van der Waals surface area contributed by atoms with E-state index in [2.05, 4.69) is 17.3 Å². The van der Waals surface area contributed by atoms with Crippen molar-refractivity contribution in [1.82, 2.24) is 9.78 Å². The first kappa shape index (κ1) is 16.4. The van der Waals surface area contributed by atoms with Gasteiger partial charge in [-0.1, -0.05) is 37.3 Å². The van der Waals surface area contributed by atoms with E-state index in [0.717, 1.165) is 34.8 Å². The Morgan fingerprint density at radius 1 is 1.15 bits per heavy atom. The van der Waals surface area contributed by atoms with E-state index in [9.17, 15) is 4.79 Å². The third-order valence-corrected chi connectivity index (χ3v) is 4.58. The number of nitrogens with one attached hydrogen (secondary N) is 1. The third-order valence-electron chi connectivity index (χ3n) is 4.58. The van der Waals surface area contributed by atoms with Crippen molar-refractivity contribution < 1.29 is 9.53 Å². The second kappa shape index (κ2) is 7.04. The summed E-state index contributed by atoms with van der Waals surface area (Å²) >= 11 is 0. The molecule has 5 nitrogen and oxygen atoms in total. The van der Waals surface area contributed by atoms with Crippen molar-refractivity contribution in [2.45, 2.75) is 25.7 Å². The summed E-state index contributed by atoms with van der Waals surface area (Å²) in [5.74, 6) is 1.61. The fourth-order valence-corrected chi connectivity index (χ4v) is 3.30. The smallest absolute Gasteiger partial charge is 0.226 e. The fourth-order valence-electron chi connectivity index (χ4n) is 3.30. The van der Waals surface area contributed by atoms with Gasteiger partial charge in [0, 0.05) is 17.9 Å². The van der Waals surface area contributed by atoms with Gasteiger partial charge in [-0.05, 0) is 36.2 Å². The average molecular weight is 347 g/mol. The standard InChI is InChI=1S/C21H21N3O2/c1-2-12-26-17-10-8-15(9-11-17)18-13-20(25)23-21-19(18)14-22-24(21)16-6-4-3-5-7-16/h3-11,14,18H,2,12-13H2,1H3,(H,23,25)/t18-/m0/s1. The van der Waals surface area contributed by atoms with Crippen LogP contribution in [-0.4, -0.2) is 22.3 Å². The van der Waals surface area contributed by atoms with Crippen molar-refractivity contribution in [1.29, 1.82) is 0 Å². The van der Waals surface area contributed by atoms with Gasteiger partial charge in [-0.3, -0.25) is 4.79 Å². The Labute approximate surface area is 152 Å². The van der Waals surface area contributed by atoms with Crippen molar-refractivity contribution in [2.24, 2.45) is 0 Å². The molecule has 1 atom stereocenters. The summed E-state index contributed by atoms with van der Waals surface area (Å²) in [5, 5.41) is 7.50. The summed E-state index contributed by atoms with van der Waals surface area (Å²) in [5.41, 5.74) is 3.06. The van der Waals surface area contributed by atoms with Crippen LogP contribution in [0.25, 0.3) is 5.69 Å². The van der Waals surface area contributed by atoms with Gasteiger partial charge in [-0.15, -0.1) is 0 Å². The molecule has 2 heterocycles. The molecule has 1 aromatic heterocycles. The van der Waals surface area contributed by atoms with Gasteiger partial charge in [0.15, 0.2) is 0 Å². The van der Waals surface area contributed by atoms with E-state index >= 15 is 0 Å². The number of anilines is 1. The topological polar surface area (TPSA) is 56.1 Å². The lowest BCUT2D eigenvalue weighted by atomic mass is 9.87. The number of hydrogen-bond acceptors (Lipinski definition) is 3. The van der Waals surface area contributed by atoms with E-state index in [1.165, 1.54) is 0 Å². The first-order valence-corrected chi connectivity index (χ1v) is 8.92. The maximum Gasteiger partial charge on any atom is 0.226 e. The van der Waals surface area contributed by atoms with E-state index in [-0.39, 0.29) is 11.8 Å². The molecule has 3 aromatic rings. The van der Waals surface area contributed by atoms with Crippen molar-refractivity contribution in [2.75, 3.05) is 11.9 Å². The largest absolute Gasteiger partial charge is 0.494 e. The van der Waals surface area contributed by atoms with E-state index in [4.69, 9.17) is 4.74 Å².